The van der Waals surface area contributed by atoms with Gasteiger partial charge in [0.25, 0.3) is 0 Å². The molecule has 0 radical (unpaired) electrons. The normalized spacial score (nSPS) is 11.0. The zero-order valence-electron chi connectivity index (χ0n) is 8.46. The van der Waals surface area contributed by atoms with Crippen LogP contribution in [0.25, 0.3) is 5.52 Å². The first-order valence-corrected chi connectivity index (χ1v) is 4.79. The van der Waals surface area contributed by atoms with E-state index >= 15 is 0 Å². The Kier molecular flexibility index (Phi) is 1.87. The summed E-state index contributed by atoms with van der Waals surface area (Å²) in [5.41, 5.74) is 5.41. The van der Waals surface area contributed by atoms with E-state index in [0.717, 1.165) is 6.42 Å². The molecule has 0 amide bonds. The number of hydrogen-bond acceptors (Lipinski definition) is 0. The lowest BCUT2D eigenvalue weighted by atomic mass is 10.2. The van der Waals surface area contributed by atoms with Gasteiger partial charge in [0.2, 0.25) is 0 Å². The minimum atomic E-state index is 1.10. The summed E-state index contributed by atoms with van der Waals surface area (Å²) < 4.78 is 2.27. The molecule has 1 heteroatoms. The molecule has 68 valence electrons. The van der Waals surface area contributed by atoms with Gasteiger partial charge in [0.15, 0.2) is 0 Å². The van der Waals surface area contributed by atoms with Crippen LogP contribution in [0.4, 0.5) is 0 Å². The van der Waals surface area contributed by atoms with Gasteiger partial charge in [-0.1, -0.05) is 13.0 Å². The van der Waals surface area contributed by atoms with Crippen molar-refractivity contribution in [3.8, 4) is 0 Å². The standard InChI is InChI=1S/C12H15N/c1-4-11-5-6-12-7-9(2)10(3)13(12)8-11/h5-8H,4H2,1-3H3. The molecule has 0 saturated heterocycles. The number of nitrogens with zero attached hydrogens (tertiary/aromatic N) is 1. The van der Waals surface area contributed by atoms with Crippen LogP contribution in [-0.2, 0) is 6.42 Å². The molecule has 2 heterocycles. The highest BCUT2D eigenvalue weighted by Crippen LogP contribution is 2.16. The molecule has 0 bridgehead atoms. The summed E-state index contributed by atoms with van der Waals surface area (Å²) in [6.07, 6.45) is 3.34. The van der Waals surface area contributed by atoms with Crippen LogP contribution in [0.15, 0.2) is 24.4 Å². The Bertz CT molecular complexity index is 438. The summed E-state index contributed by atoms with van der Waals surface area (Å²) >= 11 is 0. The van der Waals surface area contributed by atoms with Crippen LogP contribution in [-0.4, -0.2) is 4.40 Å². The number of aryl methyl sites for hydroxylation is 3. The fraction of sp³-hybridized carbons (Fsp3) is 0.333. The monoisotopic (exact) mass is 173 g/mol. The van der Waals surface area contributed by atoms with E-state index in [4.69, 9.17) is 0 Å². The highest BCUT2D eigenvalue weighted by Gasteiger charge is 2.01. The summed E-state index contributed by atoms with van der Waals surface area (Å²) in [5.74, 6) is 0. The molecule has 0 saturated carbocycles. The molecule has 2 aromatic heterocycles. The van der Waals surface area contributed by atoms with Gasteiger partial charge in [-0.15, -0.1) is 0 Å². The first kappa shape index (κ1) is 8.36. The van der Waals surface area contributed by atoms with Gasteiger partial charge < -0.3 is 4.40 Å². The maximum Gasteiger partial charge on any atom is 0.0455 e. The Morgan fingerprint density at radius 1 is 1.23 bits per heavy atom. The van der Waals surface area contributed by atoms with Gasteiger partial charge in [-0.3, -0.25) is 0 Å². The maximum atomic E-state index is 2.27. The third-order valence-electron chi connectivity index (χ3n) is 2.75. The van der Waals surface area contributed by atoms with Crippen molar-refractivity contribution in [3.63, 3.8) is 0 Å². The topological polar surface area (TPSA) is 4.41 Å². The average molecular weight is 173 g/mol. The molecule has 0 fully saturated rings. The highest BCUT2D eigenvalue weighted by atomic mass is 14.9. The molecule has 0 aliphatic heterocycles. The number of fused-ring (bicyclic) bond motifs is 1. The van der Waals surface area contributed by atoms with Crippen molar-refractivity contribution in [2.45, 2.75) is 27.2 Å². The average Bonchev–Trinajstić information content (AvgIpc) is 2.43. The van der Waals surface area contributed by atoms with E-state index in [0.29, 0.717) is 0 Å². The van der Waals surface area contributed by atoms with Crippen LogP contribution in [0, 0.1) is 13.8 Å². The molecular weight excluding hydrogens is 158 g/mol. The first-order valence-electron chi connectivity index (χ1n) is 4.79. The van der Waals surface area contributed by atoms with E-state index in [9.17, 15) is 0 Å². The van der Waals surface area contributed by atoms with Gasteiger partial charge in [0.1, 0.15) is 0 Å². The second kappa shape index (κ2) is 2.91. The molecule has 0 aliphatic rings. The van der Waals surface area contributed by atoms with Crippen LogP contribution in [0.1, 0.15) is 23.7 Å². The van der Waals surface area contributed by atoms with Crippen molar-refractivity contribution in [2.75, 3.05) is 0 Å². The van der Waals surface area contributed by atoms with Crippen molar-refractivity contribution in [2.24, 2.45) is 0 Å². The van der Waals surface area contributed by atoms with Crippen LogP contribution < -0.4 is 0 Å². The predicted octanol–water partition coefficient (Wildman–Crippen LogP) is 3.12. The van der Waals surface area contributed by atoms with E-state index in [2.05, 4.69) is 49.6 Å². The lowest BCUT2D eigenvalue weighted by molar-refractivity contribution is 1.03. The summed E-state index contributed by atoms with van der Waals surface area (Å²) in [5, 5.41) is 0. The number of pyridine rings is 1. The summed E-state index contributed by atoms with van der Waals surface area (Å²) in [4.78, 5) is 0. The van der Waals surface area contributed by atoms with Crippen LogP contribution in [0.5, 0.6) is 0 Å². The van der Waals surface area contributed by atoms with Gasteiger partial charge in [0.05, 0.1) is 0 Å². The van der Waals surface area contributed by atoms with Gasteiger partial charge >= 0.3 is 0 Å². The smallest absolute Gasteiger partial charge is 0.0455 e. The number of rotatable bonds is 1. The molecule has 1 nitrogen and oxygen atoms in total. The third-order valence-corrected chi connectivity index (χ3v) is 2.75. The Labute approximate surface area is 79.0 Å². The van der Waals surface area contributed by atoms with Crippen LogP contribution in [0.2, 0.25) is 0 Å². The Hall–Kier alpha value is -1.24. The molecule has 13 heavy (non-hydrogen) atoms. The van der Waals surface area contributed by atoms with E-state index in [1.54, 1.807) is 0 Å². The van der Waals surface area contributed by atoms with E-state index in [-0.39, 0.29) is 0 Å². The molecule has 0 spiro atoms. The molecule has 0 aliphatic carbocycles. The molecule has 0 atom stereocenters. The molecule has 0 unspecified atom stereocenters. The van der Waals surface area contributed by atoms with Crippen molar-refractivity contribution in [1.29, 1.82) is 0 Å². The van der Waals surface area contributed by atoms with E-state index in [1.165, 1.54) is 22.3 Å². The van der Waals surface area contributed by atoms with Crippen molar-refractivity contribution < 1.29 is 0 Å². The highest BCUT2D eigenvalue weighted by molar-refractivity contribution is 5.53. The summed E-state index contributed by atoms with van der Waals surface area (Å²) in [6, 6.07) is 6.63. The summed E-state index contributed by atoms with van der Waals surface area (Å²) in [6.45, 7) is 6.52. The second-order valence-electron chi connectivity index (χ2n) is 3.60. The SMILES string of the molecule is CCc1ccc2cc(C)c(C)n2c1. The zero-order valence-corrected chi connectivity index (χ0v) is 8.46. The van der Waals surface area contributed by atoms with Crippen molar-refractivity contribution >= 4 is 5.52 Å². The van der Waals surface area contributed by atoms with Crippen molar-refractivity contribution in [1.82, 2.24) is 4.40 Å². The molecule has 2 aromatic rings. The van der Waals surface area contributed by atoms with Crippen LogP contribution in [0.3, 0.4) is 0 Å². The first-order chi connectivity index (χ1) is 6.22. The minimum Gasteiger partial charge on any atom is -0.321 e. The van der Waals surface area contributed by atoms with Gasteiger partial charge in [-0.2, -0.15) is 0 Å². The Morgan fingerprint density at radius 2 is 2.00 bits per heavy atom. The minimum absolute atomic E-state index is 1.10. The van der Waals surface area contributed by atoms with Gasteiger partial charge in [0, 0.05) is 17.4 Å². The molecule has 0 N–H and O–H groups in total. The maximum absolute atomic E-state index is 2.27. The molecule has 0 aromatic carbocycles. The van der Waals surface area contributed by atoms with Gasteiger partial charge in [-0.05, 0) is 43.5 Å². The fourth-order valence-corrected chi connectivity index (χ4v) is 1.69. The molecule has 2 rings (SSSR count). The second-order valence-corrected chi connectivity index (χ2v) is 3.60. The van der Waals surface area contributed by atoms with Crippen LogP contribution >= 0.6 is 0 Å². The Morgan fingerprint density at radius 3 is 2.69 bits per heavy atom. The fourth-order valence-electron chi connectivity index (χ4n) is 1.69. The number of hydrogen-bond donors (Lipinski definition) is 0. The largest absolute Gasteiger partial charge is 0.321 e. The Balaban J connectivity index is 2.75. The van der Waals surface area contributed by atoms with E-state index in [1.807, 2.05) is 0 Å². The third kappa shape index (κ3) is 1.24. The lowest BCUT2D eigenvalue weighted by Crippen LogP contribution is -1.90. The zero-order chi connectivity index (χ0) is 9.42. The predicted molar refractivity (Wildman–Crippen MR) is 56.2 cm³/mol. The van der Waals surface area contributed by atoms with Crippen molar-refractivity contribution in [3.05, 3.63) is 41.2 Å². The number of aromatic nitrogens is 1. The van der Waals surface area contributed by atoms with Gasteiger partial charge in [-0.25, -0.2) is 0 Å². The quantitative estimate of drug-likeness (QED) is 0.624. The van der Waals surface area contributed by atoms with E-state index < -0.39 is 0 Å². The lowest BCUT2D eigenvalue weighted by Gasteiger charge is -2.01. The molecular formula is C12H15N. The summed E-state index contributed by atoms with van der Waals surface area (Å²) in [7, 11) is 0.